The fraction of sp³-hybridized carbons (Fsp3) is 0.350. The van der Waals surface area contributed by atoms with Gasteiger partial charge in [0.05, 0.1) is 23.8 Å². The lowest BCUT2D eigenvalue weighted by Gasteiger charge is -2.25. The van der Waals surface area contributed by atoms with Crippen LogP contribution in [-0.2, 0) is 9.59 Å². The van der Waals surface area contributed by atoms with E-state index in [2.05, 4.69) is 6.92 Å². The summed E-state index contributed by atoms with van der Waals surface area (Å²) in [6, 6.07) is 9.51. The molecule has 0 radical (unpaired) electrons. The molecule has 1 saturated carbocycles. The number of nitrogens with zero attached hydrogens (tertiary/aromatic N) is 1. The number of amides is 2. The number of carbonyl (C=O) groups excluding carboxylic acids is 3. The van der Waals surface area contributed by atoms with Crippen LogP contribution in [0.2, 0.25) is 0 Å². The highest BCUT2D eigenvalue weighted by molar-refractivity contribution is 6.22. The monoisotopic (exact) mass is 353 g/mol. The molecule has 2 amide bonds. The highest BCUT2D eigenvalue weighted by Crippen LogP contribution is 2.42. The fourth-order valence-corrected chi connectivity index (χ4v) is 3.86. The number of benzene rings is 1. The number of rotatable bonds is 3. The molecular formula is C20H19NO5. The molecule has 26 heavy (non-hydrogen) atoms. The smallest absolute Gasteiger partial charge is 0.379 e. The molecule has 4 rings (SSSR count). The molecular weight excluding hydrogens is 334 g/mol. The van der Waals surface area contributed by atoms with E-state index in [0.717, 1.165) is 19.3 Å². The molecule has 0 unspecified atom stereocenters. The van der Waals surface area contributed by atoms with E-state index in [-0.39, 0.29) is 29.4 Å². The van der Waals surface area contributed by atoms with Crippen molar-refractivity contribution in [1.29, 1.82) is 0 Å². The maximum absolute atomic E-state index is 12.7. The normalized spacial score (nSPS) is 25.3. The van der Waals surface area contributed by atoms with Gasteiger partial charge < -0.3 is 9.15 Å². The first-order valence-corrected chi connectivity index (χ1v) is 8.78. The first kappa shape index (κ1) is 16.6. The number of furan rings is 1. The Hall–Kier alpha value is -2.89. The highest BCUT2D eigenvalue weighted by atomic mass is 16.5. The van der Waals surface area contributed by atoms with E-state index in [4.69, 9.17) is 9.15 Å². The number of hydrogen-bond donors (Lipinski definition) is 0. The van der Waals surface area contributed by atoms with Crippen LogP contribution in [0.3, 0.4) is 0 Å². The molecule has 2 heterocycles. The van der Waals surface area contributed by atoms with E-state index in [1.54, 1.807) is 30.3 Å². The summed E-state index contributed by atoms with van der Waals surface area (Å²) in [4.78, 5) is 38.6. The van der Waals surface area contributed by atoms with Crippen LogP contribution >= 0.6 is 0 Å². The molecule has 3 atom stereocenters. The Morgan fingerprint density at radius 2 is 1.81 bits per heavy atom. The van der Waals surface area contributed by atoms with Crippen molar-refractivity contribution in [1.82, 2.24) is 0 Å². The molecule has 0 spiro atoms. The summed E-state index contributed by atoms with van der Waals surface area (Å²) in [5.74, 6) is -0.346. The van der Waals surface area contributed by atoms with Crippen LogP contribution < -0.4 is 9.64 Å². The van der Waals surface area contributed by atoms with Crippen molar-refractivity contribution in [3.8, 4) is 5.75 Å². The van der Waals surface area contributed by atoms with Crippen LogP contribution in [0.25, 0.3) is 0 Å². The van der Waals surface area contributed by atoms with Crippen molar-refractivity contribution in [2.24, 2.45) is 17.8 Å². The van der Waals surface area contributed by atoms with E-state index < -0.39 is 5.97 Å². The molecule has 6 nitrogen and oxygen atoms in total. The number of imide groups is 1. The minimum Gasteiger partial charge on any atom is -0.457 e. The standard InChI is InChI=1S/C20H19NO5/c1-12-4-9-15-16(11-12)19(23)21(18(15)22)13-5-7-14(8-6-13)26-20(24)17-3-2-10-25-17/h2-3,5-8,10,12,15-16H,4,9,11H2,1H3/t12-,15+,16-/m1/s1. The minimum atomic E-state index is -0.601. The lowest BCUT2D eigenvalue weighted by molar-refractivity contribution is -0.122. The van der Waals surface area contributed by atoms with Gasteiger partial charge in [0.1, 0.15) is 5.75 Å². The van der Waals surface area contributed by atoms with Gasteiger partial charge in [0.25, 0.3) is 0 Å². The summed E-state index contributed by atoms with van der Waals surface area (Å²) in [5, 5.41) is 0. The number of ether oxygens (including phenoxy) is 1. The number of anilines is 1. The third-order valence-corrected chi connectivity index (χ3v) is 5.22. The largest absolute Gasteiger partial charge is 0.457 e. The maximum Gasteiger partial charge on any atom is 0.379 e. The van der Waals surface area contributed by atoms with Gasteiger partial charge in [-0.2, -0.15) is 0 Å². The Kier molecular flexibility index (Phi) is 4.11. The van der Waals surface area contributed by atoms with Crippen LogP contribution in [-0.4, -0.2) is 17.8 Å². The van der Waals surface area contributed by atoms with E-state index in [0.29, 0.717) is 17.4 Å². The minimum absolute atomic E-state index is 0.108. The zero-order valence-corrected chi connectivity index (χ0v) is 14.4. The zero-order valence-electron chi connectivity index (χ0n) is 14.4. The average molecular weight is 353 g/mol. The zero-order chi connectivity index (χ0) is 18.3. The molecule has 1 aromatic heterocycles. The van der Waals surface area contributed by atoms with E-state index in [1.807, 2.05) is 0 Å². The Morgan fingerprint density at radius 3 is 2.50 bits per heavy atom. The summed E-state index contributed by atoms with van der Waals surface area (Å²) < 4.78 is 10.2. The van der Waals surface area contributed by atoms with Crippen molar-refractivity contribution < 1.29 is 23.5 Å². The second kappa shape index (κ2) is 6.44. The molecule has 1 aliphatic carbocycles. The third kappa shape index (κ3) is 2.81. The average Bonchev–Trinajstić information content (AvgIpc) is 3.24. The van der Waals surface area contributed by atoms with Crippen LogP contribution in [0, 0.1) is 17.8 Å². The van der Waals surface area contributed by atoms with Crippen molar-refractivity contribution in [2.45, 2.75) is 26.2 Å². The van der Waals surface area contributed by atoms with Crippen molar-refractivity contribution in [3.63, 3.8) is 0 Å². The van der Waals surface area contributed by atoms with Gasteiger partial charge in [0.15, 0.2) is 0 Å². The van der Waals surface area contributed by atoms with Crippen LogP contribution in [0.15, 0.2) is 47.1 Å². The maximum atomic E-state index is 12.7. The molecule has 1 aliphatic heterocycles. The Labute approximate surface area is 150 Å². The topological polar surface area (TPSA) is 76.8 Å². The first-order valence-electron chi connectivity index (χ1n) is 8.78. The Balaban J connectivity index is 1.51. The highest BCUT2D eigenvalue weighted by Gasteiger charge is 2.49. The quantitative estimate of drug-likeness (QED) is 0.480. The van der Waals surface area contributed by atoms with Crippen molar-refractivity contribution in [2.75, 3.05) is 4.90 Å². The second-order valence-electron chi connectivity index (χ2n) is 7.00. The summed E-state index contributed by atoms with van der Waals surface area (Å²) in [7, 11) is 0. The molecule has 6 heteroatoms. The van der Waals surface area contributed by atoms with Gasteiger partial charge in [-0.05, 0) is 61.6 Å². The predicted octanol–water partition coefficient (Wildman–Crippen LogP) is 3.42. The van der Waals surface area contributed by atoms with Gasteiger partial charge in [-0.3, -0.25) is 14.5 Å². The molecule has 2 aromatic rings. The number of fused-ring (bicyclic) bond motifs is 1. The van der Waals surface area contributed by atoms with Gasteiger partial charge in [0.2, 0.25) is 17.6 Å². The summed E-state index contributed by atoms with van der Waals surface area (Å²) in [6.07, 6.45) is 3.91. The molecule has 0 N–H and O–H groups in total. The van der Waals surface area contributed by atoms with E-state index in [9.17, 15) is 14.4 Å². The SMILES string of the molecule is C[C@@H]1CC[C@@H]2C(=O)N(c3ccc(OC(=O)c4ccco4)cc3)C(=O)[C@@H]2C1. The molecule has 1 saturated heterocycles. The van der Waals surface area contributed by atoms with Crippen LogP contribution in [0.4, 0.5) is 5.69 Å². The van der Waals surface area contributed by atoms with E-state index >= 15 is 0 Å². The molecule has 134 valence electrons. The van der Waals surface area contributed by atoms with Gasteiger partial charge in [-0.15, -0.1) is 0 Å². The number of hydrogen-bond acceptors (Lipinski definition) is 5. The molecule has 2 aliphatic rings. The molecule has 1 aromatic carbocycles. The van der Waals surface area contributed by atoms with Gasteiger partial charge in [-0.1, -0.05) is 6.92 Å². The van der Waals surface area contributed by atoms with Crippen LogP contribution in [0.1, 0.15) is 36.7 Å². The van der Waals surface area contributed by atoms with Crippen molar-refractivity contribution in [3.05, 3.63) is 48.4 Å². The predicted molar refractivity (Wildman–Crippen MR) is 92.6 cm³/mol. The third-order valence-electron chi connectivity index (χ3n) is 5.22. The lowest BCUT2D eigenvalue weighted by Crippen LogP contribution is -2.30. The molecule has 2 fully saturated rings. The first-order chi connectivity index (χ1) is 12.5. The molecule has 0 bridgehead atoms. The number of esters is 1. The Bertz CT molecular complexity index is 840. The fourth-order valence-electron chi connectivity index (χ4n) is 3.86. The van der Waals surface area contributed by atoms with E-state index in [1.165, 1.54) is 17.2 Å². The summed E-state index contributed by atoms with van der Waals surface area (Å²) in [6.45, 7) is 2.12. The van der Waals surface area contributed by atoms with Gasteiger partial charge in [0, 0.05) is 0 Å². The van der Waals surface area contributed by atoms with Crippen molar-refractivity contribution >= 4 is 23.5 Å². The Morgan fingerprint density at radius 1 is 1.08 bits per heavy atom. The lowest BCUT2D eigenvalue weighted by atomic mass is 9.76. The second-order valence-corrected chi connectivity index (χ2v) is 7.00. The van der Waals surface area contributed by atoms with Gasteiger partial charge in [-0.25, -0.2) is 4.79 Å². The number of carbonyl (C=O) groups is 3. The van der Waals surface area contributed by atoms with Crippen LogP contribution in [0.5, 0.6) is 5.75 Å². The summed E-state index contributed by atoms with van der Waals surface area (Å²) in [5.41, 5.74) is 0.514. The summed E-state index contributed by atoms with van der Waals surface area (Å²) >= 11 is 0. The van der Waals surface area contributed by atoms with Gasteiger partial charge >= 0.3 is 5.97 Å².